The van der Waals surface area contributed by atoms with Gasteiger partial charge in [0.1, 0.15) is 11.9 Å². The maximum Gasteiger partial charge on any atom is 0.255 e. The van der Waals surface area contributed by atoms with Gasteiger partial charge in [0.15, 0.2) is 0 Å². The molecule has 1 aromatic carbocycles. The van der Waals surface area contributed by atoms with E-state index in [1.54, 1.807) is 30.1 Å². The van der Waals surface area contributed by atoms with E-state index in [9.17, 15) is 4.79 Å². The first-order chi connectivity index (χ1) is 15.7. The van der Waals surface area contributed by atoms with Crippen LogP contribution in [0.3, 0.4) is 0 Å². The van der Waals surface area contributed by atoms with Gasteiger partial charge in [-0.15, -0.1) is 0 Å². The van der Waals surface area contributed by atoms with Crippen molar-refractivity contribution >= 4 is 5.95 Å². The van der Waals surface area contributed by atoms with Gasteiger partial charge >= 0.3 is 0 Å². The smallest absolute Gasteiger partial charge is 0.255 e. The molecule has 1 aliphatic heterocycles. The summed E-state index contributed by atoms with van der Waals surface area (Å²) in [6, 6.07) is 13.5. The highest BCUT2D eigenvalue weighted by Crippen LogP contribution is 2.30. The van der Waals surface area contributed by atoms with Crippen molar-refractivity contribution in [1.29, 1.82) is 0 Å². The van der Waals surface area contributed by atoms with Crippen LogP contribution in [-0.2, 0) is 11.8 Å². The number of anilines is 1. The number of benzene rings is 1. The molecule has 5 rings (SSSR count). The van der Waals surface area contributed by atoms with Crippen LogP contribution < -0.4 is 15.2 Å². The number of hydrogen-bond acceptors (Lipinski definition) is 6. The molecular formula is C25H28N4O3. The number of ether oxygens (including phenoxy) is 2. The topological polar surface area (TPSA) is 69.5 Å². The number of aromatic nitrogens is 3. The van der Waals surface area contributed by atoms with Crippen LogP contribution in [0.25, 0.3) is 11.3 Å². The minimum atomic E-state index is -0.114. The zero-order chi connectivity index (χ0) is 21.9. The SMILES string of the molecule is Cn1c(N2CCOC(c3cccc(OC4CCCC4)c3)C2)nc(-c2ccncc2)cc1=O. The number of hydrogen-bond donors (Lipinski definition) is 0. The van der Waals surface area contributed by atoms with E-state index in [0.29, 0.717) is 37.4 Å². The first-order valence-corrected chi connectivity index (χ1v) is 11.3. The average Bonchev–Trinajstić information content (AvgIpc) is 3.34. The zero-order valence-electron chi connectivity index (χ0n) is 18.3. The van der Waals surface area contributed by atoms with Crippen molar-refractivity contribution in [3.8, 4) is 17.0 Å². The van der Waals surface area contributed by atoms with Crippen LogP contribution >= 0.6 is 0 Å². The van der Waals surface area contributed by atoms with Gasteiger partial charge < -0.3 is 14.4 Å². The molecule has 0 radical (unpaired) electrons. The maximum absolute atomic E-state index is 12.7. The number of nitrogens with zero attached hydrogens (tertiary/aromatic N) is 4. The third kappa shape index (κ3) is 4.39. The summed E-state index contributed by atoms with van der Waals surface area (Å²) in [6.45, 7) is 1.86. The van der Waals surface area contributed by atoms with Crippen molar-refractivity contribution in [1.82, 2.24) is 14.5 Å². The predicted octanol–water partition coefficient (Wildman–Crippen LogP) is 3.74. The number of rotatable bonds is 5. The van der Waals surface area contributed by atoms with E-state index in [2.05, 4.69) is 22.0 Å². The van der Waals surface area contributed by atoms with Gasteiger partial charge in [-0.3, -0.25) is 14.3 Å². The summed E-state index contributed by atoms with van der Waals surface area (Å²) in [6.07, 6.45) is 8.38. The molecular weight excluding hydrogens is 404 g/mol. The van der Waals surface area contributed by atoms with Gasteiger partial charge in [0, 0.05) is 37.6 Å². The van der Waals surface area contributed by atoms with Crippen LogP contribution in [0.1, 0.15) is 37.4 Å². The van der Waals surface area contributed by atoms with Crippen LogP contribution in [0, 0.1) is 0 Å². The first-order valence-electron chi connectivity index (χ1n) is 11.3. The molecule has 2 aliphatic rings. The van der Waals surface area contributed by atoms with Gasteiger partial charge in [-0.05, 0) is 55.5 Å². The molecule has 2 fully saturated rings. The van der Waals surface area contributed by atoms with Gasteiger partial charge in [0.2, 0.25) is 5.95 Å². The molecule has 166 valence electrons. The van der Waals surface area contributed by atoms with E-state index in [1.807, 2.05) is 24.3 Å². The van der Waals surface area contributed by atoms with Gasteiger partial charge in [0.25, 0.3) is 5.56 Å². The Morgan fingerprint density at radius 1 is 1.09 bits per heavy atom. The monoisotopic (exact) mass is 432 g/mol. The van der Waals surface area contributed by atoms with E-state index >= 15 is 0 Å². The molecule has 0 bridgehead atoms. The summed E-state index contributed by atoms with van der Waals surface area (Å²) in [5.41, 5.74) is 2.53. The Morgan fingerprint density at radius 2 is 1.91 bits per heavy atom. The fourth-order valence-corrected chi connectivity index (χ4v) is 4.50. The molecule has 0 N–H and O–H groups in total. The summed E-state index contributed by atoms with van der Waals surface area (Å²) in [5, 5.41) is 0. The molecule has 7 nitrogen and oxygen atoms in total. The molecule has 0 spiro atoms. The van der Waals surface area contributed by atoms with Crippen LogP contribution in [0.4, 0.5) is 5.95 Å². The lowest BCUT2D eigenvalue weighted by Gasteiger charge is -2.34. The molecule has 2 aromatic heterocycles. The highest BCUT2D eigenvalue weighted by atomic mass is 16.5. The molecule has 32 heavy (non-hydrogen) atoms. The third-order valence-electron chi connectivity index (χ3n) is 6.27. The van der Waals surface area contributed by atoms with Crippen LogP contribution in [-0.4, -0.2) is 40.3 Å². The Labute approximate surface area is 187 Å². The van der Waals surface area contributed by atoms with Crippen molar-refractivity contribution in [3.05, 3.63) is 70.8 Å². The number of pyridine rings is 1. The minimum Gasteiger partial charge on any atom is -0.490 e. The highest BCUT2D eigenvalue weighted by molar-refractivity contribution is 5.59. The van der Waals surface area contributed by atoms with Crippen LogP contribution in [0.5, 0.6) is 5.75 Å². The van der Waals surface area contributed by atoms with Gasteiger partial charge in [0.05, 0.1) is 24.9 Å². The van der Waals surface area contributed by atoms with Gasteiger partial charge in [-0.2, -0.15) is 0 Å². The van der Waals surface area contributed by atoms with E-state index in [1.165, 1.54) is 12.8 Å². The molecule has 3 aromatic rings. The second-order valence-electron chi connectivity index (χ2n) is 8.48. The van der Waals surface area contributed by atoms with Crippen molar-refractivity contribution in [3.63, 3.8) is 0 Å². The second-order valence-corrected chi connectivity index (χ2v) is 8.48. The zero-order valence-corrected chi connectivity index (χ0v) is 18.3. The predicted molar refractivity (Wildman–Crippen MR) is 123 cm³/mol. The van der Waals surface area contributed by atoms with Crippen molar-refractivity contribution in [2.45, 2.75) is 37.9 Å². The summed E-state index contributed by atoms with van der Waals surface area (Å²) < 4.78 is 13.9. The Balaban J connectivity index is 1.39. The Morgan fingerprint density at radius 3 is 2.72 bits per heavy atom. The van der Waals surface area contributed by atoms with Crippen LogP contribution in [0.2, 0.25) is 0 Å². The Hall–Kier alpha value is -3.19. The summed E-state index contributed by atoms with van der Waals surface area (Å²) in [5.74, 6) is 1.55. The molecule has 1 saturated heterocycles. The van der Waals surface area contributed by atoms with Gasteiger partial charge in [-0.1, -0.05) is 12.1 Å². The van der Waals surface area contributed by atoms with Crippen molar-refractivity contribution in [2.24, 2.45) is 7.05 Å². The lowest BCUT2D eigenvalue weighted by Crippen LogP contribution is -2.41. The third-order valence-corrected chi connectivity index (χ3v) is 6.27. The summed E-state index contributed by atoms with van der Waals surface area (Å²) in [7, 11) is 1.77. The van der Waals surface area contributed by atoms with Crippen molar-refractivity contribution in [2.75, 3.05) is 24.6 Å². The fourth-order valence-electron chi connectivity index (χ4n) is 4.50. The molecule has 1 atom stereocenters. The highest BCUT2D eigenvalue weighted by Gasteiger charge is 2.26. The number of morpholine rings is 1. The quantitative estimate of drug-likeness (QED) is 0.612. The average molecular weight is 433 g/mol. The maximum atomic E-state index is 12.7. The molecule has 0 amide bonds. The van der Waals surface area contributed by atoms with Crippen molar-refractivity contribution < 1.29 is 9.47 Å². The van der Waals surface area contributed by atoms with E-state index in [0.717, 1.165) is 29.7 Å². The summed E-state index contributed by atoms with van der Waals surface area (Å²) in [4.78, 5) is 23.7. The lowest BCUT2D eigenvalue weighted by atomic mass is 10.1. The fraction of sp³-hybridized carbons (Fsp3) is 0.400. The Bertz CT molecular complexity index is 1130. The molecule has 3 heterocycles. The first kappa shape index (κ1) is 20.7. The molecule has 7 heteroatoms. The standard InChI is InChI=1S/C25H28N4O3/c1-28-24(30)16-22(18-9-11-26-12-10-18)27-25(28)29-13-14-31-23(17-29)19-5-4-8-21(15-19)32-20-6-2-3-7-20/h4-5,8-12,15-16,20,23H,2-3,6-7,13-14,17H2,1H3. The molecule has 1 unspecified atom stereocenters. The normalized spacial score (nSPS) is 19.3. The second kappa shape index (κ2) is 9.12. The largest absolute Gasteiger partial charge is 0.490 e. The molecule has 1 saturated carbocycles. The lowest BCUT2D eigenvalue weighted by molar-refractivity contribution is 0.0387. The molecule has 1 aliphatic carbocycles. The van der Waals surface area contributed by atoms with Gasteiger partial charge in [-0.25, -0.2) is 4.98 Å². The van der Waals surface area contributed by atoms with E-state index < -0.39 is 0 Å². The Kier molecular flexibility index (Phi) is 5.90. The minimum absolute atomic E-state index is 0.0863. The van der Waals surface area contributed by atoms with E-state index in [4.69, 9.17) is 14.5 Å². The summed E-state index contributed by atoms with van der Waals surface area (Å²) >= 11 is 0. The van der Waals surface area contributed by atoms with Crippen LogP contribution in [0.15, 0.2) is 59.7 Å². The van der Waals surface area contributed by atoms with E-state index in [-0.39, 0.29) is 11.7 Å².